The second-order valence-corrected chi connectivity index (χ2v) is 16.1. The largest absolute Gasteiger partial charge is 0.461 e. The predicted octanol–water partition coefficient (Wildman–Crippen LogP) is 14.4. The summed E-state index contributed by atoms with van der Waals surface area (Å²) in [6.07, 6.45) is 59.4. The summed E-state index contributed by atoms with van der Waals surface area (Å²) in [7, 11) is 0. The molecule has 0 bridgehead atoms. The number of hydrogen-bond acceptors (Lipinski definition) is 5. The molecule has 3 atom stereocenters. The number of nitrogens with one attached hydrogen (secondary N) is 1. The Hall–Kier alpha value is -2.96. The summed E-state index contributed by atoms with van der Waals surface area (Å²) in [6.45, 7) is 6.21. The highest BCUT2D eigenvalue weighted by Crippen LogP contribution is 2.16. The zero-order valence-corrected chi connectivity index (χ0v) is 38.4. The molecular formula is C53H91NO5. The molecule has 6 nitrogen and oxygen atoms in total. The molecule has 0 rings (SSSR count). The van der Waals surface area contributed by atoms with Crippen molar-refractivity contribution in [1.29, 1.82) is 0 Å². The molecule has 338 valence electrons. The number of hydrogen-bond donors (Lipinski definition) is 3. The van der Waals surface area contributed by atoms with Crippen LogP contribution in [0, 0.1) is 0 Å². The van der Waals surface area contributed by atoms with Gasteiger partial charge in [0.15, 0.2) is 0 Å². The van der Waals surface area contributed by atoms with Gasteiger partial charge < -0.3 is 20.3 Å². The molecule has 0 saturated heterocycles. The SMILES string of the molecule is CC/C=C\C/C=C\C/C=C\C/C=C\C/C=C\CC(CC(=O)NC(CO)C(O)CCCCCCCCCCCCC)OC(=O)CCCCCCCCC/C=C/C/C=C/CC. The van der Waals surface area contributed by atoms with Gasteiger partial charge in [-0.2, -0.15) is 0 Å². The van der Waals surface area contributed by atoms with Crippen molar-refractivity contribution >= 4 is 11.9 Å². The van der Waals surface area contributed by atoms with E-state index in [-0.39, 0.29) is 24.9 Å². The van der Waals surface area contributed by atoms with E-state index in [4.69, 9.17) is 4.74 Å². The molecule has 0 heterocycles. The van der Waals surface area contributed by atoms with Crippen LogP contribution >= 0.6 is 0 Å². The molecule has 0 saturated carbocycles. The summed E-state index contributed by atoms with van der Waals surface area (Å²) in [6, 6.07) is -0.736. The molecule has 0 aliphatic heterocycles. The van der Waals surface area contributed by atoms with Crippen molar-refractivity contribution in [2.75, 3.05) is 6.61 Å². The summed E-state index contributed by atoms with van der Waals surface area (Å²) in [4.78, 5) is 26.0. The highest BCUT2D eigenvalue weighted by molar-refractivity contribution is 5.77. The molecular weight excluding hydrogens is 731 g/mol. The van der Waals surface area contributed by atoms with Gasteiger partial charge in [0.2, 0.25) is 5.91 Å². The maximum Gasteiger partial charge on any atom is 0.306 e. The Morgan fingerprint density at radius 2 is 0.949 bits per heavy atom. The average Bonchev–Trinajstić information content (AvgIpc) is 3.23. The van der Waals surface area contributed by atoms with Crippen molar-refractivity contribution in [3.05, 3.63) is 85.1 Å². The van der Waals surface area contributed by atoms with Crippen molar-refractivity contribution in [2.24, 2.45) is 0 Å². The second kappa shape index (κ2) is 46.1. The van der Waals surface area contributed by atoms with Crippen LogP contribution in [0.1, 0.15) is 213 Å². The monoisotopic (exact) mass is 822 g/mol. The van der Waals surface area contributed by atoms with E-state index in [9.17, 15) is 19.8 Å². The minimum absolute atomic E-state index is 0.00759. The van der Waals surface area contributed by atoms with Gasteiger partial charge in [-0.1, -0.05) is 209 Å². The molecule has 0 fully saturated rings. The van der Waals surface area contributed by atoms with Gasteiger partial charge in [0.1, 0.15) is 6.10 Å². The fraction of sp³-hybridized carbons (Fsp3) is 0.698. The van der Waals surface area contributed by atoms with E-state index in [0.717, 1.165) is 89.9 Å². The van der Waals surface area contributed by atoms with Gasteiger partial charge >= 0.3 is 5.97 Å². The Balaban J connectivity index is 4.77. The number of ether oxygens (including phenoxy) is 1. The molecule has 0 spiro atoms. The summed E-state index contributed by atoms with van der Waals surface area (Å²) < 4.78 is 5.85. The minimum Gasteiger partial charge on any atom is -0.461 e. The molecule has 0 aliphatic carbocycles. The van der Waals surface area contributed by atoms with Crippen molar-refractivity contribution in [1.82, 2.24) is 5.32 Å². The lowest BCUT2D eigenvalue weighted by Crippen LogP contribution is -2.46. The van der Waals surface area contributed by atoms with Gasteiger partial charge in [-0.05, 0) is 70.6 Å². The lowest BCUT2D eigenvalue weighted by Gasteiger charge is -2.24. The minimum atomic E-state index is -0.815. The number of allylic oxidation sites excluding steroid dienone is 13. The number of unbranched alkanes of at least 4 members (excludes halogenated alkanes) is 17. The van der Waals surface area contributed by atoms with E-state index >= 15 is 0 Å². The van der Waals surface area contributed by atoms with E-state index in [1.165, 1.54) is 77.0 Å². The maximum atomic E-state index is 13.1. The summed E-state index contributed by atoms with van der Waals surface area (Å²) in [5, 5.41) is 23.6. The zero-order chi connectivity index (χ0) is 43.1. The normalized spacial score (nSPS) is 14.1. The number of amides is 1. The molecule has 0 aromatic carbocycles. The van der Waals surface area contributed by atoms with E-state index in [0.29, 0.717) is 19.3 Å². The molecule has 0 radical (unpaired) electrons. The van der Waals surface area contributed by atoms with Crippen LogP contribution in [-0.2, 0) is 14.3 Å². The molecule has 6 heteroatoms. The predicted molar refractivity (Wildman–Crippen MR) is 254 cm³/mol. The number of aliphatic hydroxyl groups excluding tert-OH is 2. The number of aliphatic hydroxyl groups is 2. The third kappa shape index (κ3) is 41.6. The highest BCUT2D eigenvalue weighted by atomic mass is 16.5. The van der Waals surface area contributed by atoms with Crippen LogP contribution in [0.15, 0.2) is 85.1 Å². The average molecular weight is 822 g/mol. The zero-order valence-electron chi connectivity index (χ0n) is 38.4. The highest BCUT2D eigenvalue weighted by Gasteiger charge is 2.23. The van der Waals surface area contributed by atoms with Gasteiger partial charge in [-0.3, -0.25) is 9.59 Å². The van der Waals surface area contributed by atoms with Gasteiger partial charge in [0, 0.05) is 12.8 Å². The third-order valence-corrected chi connectivity index (χ3v) is 10.5. The van der Waals surface area contributed by atoms with Crippen LogP contribution in [0.5, 0.6) is 0 Å². The molecule has 3 N–H and O–H groups in total. The number of rotatable bonds is 42. The summed E-state index contributed by atoms with van der Waals surface area (Å²) >= 11 is 0. The van der Waals surface area contributed by atoms with Crippen LogP contribution in [0.2, 0.25) is 0 Å². The Bertz CT molecular complexity index is 1150. The van der Waals surface area contributed by atoms with E-state index < -0.39 is 18.2 Å². The fourth-order valence-corrected chi connectivity index (χ4v) is 6.84. The molecule has 1 amide bonds. The smallest absolute Gasteiger partial charge is 0.306 e. The first-order chi connectivity index (χ1) is 29.0. The standard InChI is InChI=1S/C53H91NO5/c1-4-7-10-13-16-19-22-24-26-27-30-32-35-38-41-44-49(59-53(58)46-43-40-37-34-31-28-25-23-20-17-14-11-8-5-2)47-52(57)54-50(48-55)51(56)45-42-39-36-33-29-21-18-15-12-9-6-3/h7-8,10-11,16-17,19-20,24,26,30,32,38,41,49-51,55-56H,4-6,9,12-15,18,21-23,25,27-29,31,33-37,39-40,42-48H2,1-3H3,(H,54,57)/b10-7-,11-8+,19-16-,20-17+,26-24-,32-30-,41-38-. The third-order valence-electron chi connectivity index (χ3n) is 10.5. The Labute approximate surface area is 363 Å². The first-order valence-electron chi connectivity index (χ1n) is 24.3. The van der Waals surface area contributed by atoms with Gasteiger partial charge in [-0.25, -0.2) is 0 Å². The van der Waals surface area contributed by atoms with Crippen LogP contribution in [0.4, 0.5) is 0 Å². The first kappa shape index (κ1) is 56.0. The van der Waals surface area contributed by atoms with Crippen molar-refractivity contribution in [2.45, 2.75) is 232 Å². The Kier molecular flexibility index (Phi) is 43.8. The summed E-state index contributed by atoms with van der Waals surface area (Å²) in [5.41, 5.74) is 0. The molecule has 0 aromatic heterocycles. The maximum absolute atomic E-state index is 13.1. The number of carbonyl (C=O) groups is 2. The van der Waals surface area contributed by atoms with Gasteiger partial charge in [0.05, 0.1) is 25.2 Å². The van der Waals surface area contributed by atoms with Gasteiger partial charge in [0.25, 0.3) is 0 Å². The van der Waals surface area contributed by atoms with Crippen LogP contribution in [0.3, 0.4) is 0 Å². The topological polar surface area (TPSA) is 95.9 Å². The van der Waals surface area contributed by atoms with E-state index in [2.05, 4.69) is 99.0 Å². The molecule has 3 unspecified atom stereocenters. The first-order valence-corrected chi connectivity index (χ1v) is 24.3. The number of esters is 1. The number of carbonyl (C=O) groups excluding carboxylic acids is 2. The lowest BCUT2D eigenvalue weighted by molar-refractivity contribution is -0.150. The van der Waals surface area contributed by atoms with Crippen LogP contribution < -0.4 is 5.32 Å². The molecule has 59 heavy (non-hydrogen) atoms. The Morgan fingerprint density at radius 1 is 0.525 bits per heavy atom. The van der Waals surface area contributed by atoms with Crippen molar-refractivity contribution in [3.8, 4) is 0 Å². The quantitative estimate of drug-likeness (QED) is 0.0324. The van der Waals surface area contributed by atoms with Crippen molar-refractivity contribution < 1.29 is 24.5 Å². The van der Waals surface area contributed by atoms with Gasteiger partial charge in [-0.15, -0.1) is 0 Å². The van der Waals surface area contributed by atoms with Crippen LogP contribution in [-0.4, -0.2) is 46.9 Å². The fourth-order valence-electron chi connectivity index (χ4n) is 6.84. The Morgan fingerprint density at radius 3 is 1.44 bits per heavy atom. The lowest BCUT2D eigenvalue weighted by atomic mass is 10.0. The van der Waals surface area contributed by atoms with E-state index in [1.807, 2.05) is 12.2 Å². The molecule has 0 aromatic rings. The summed E-state index contributed by atoms with van der Waals surface area (Å²) in [5.74, 6) is -0.595. The van der Waals surface area contributed by atoms with E-state index in [1.54, 1.807) is 0 Å². The molecule has 0 aliphatic rings. The second-order valence-electron chi connectivity index (χ2n) is 16.1. The van der Waals surface area contributed by atoms with Crippen LogP contribution in [0.25, 0.3) is 0 Å². The van der Waals surface area contributed by atoms with Crippen molar-refractivity contribution in [3.63, 3.8) is 0 Å².